The van der Waals surface area contributed by atoms with Gasteiger partial charge in [-0.15, -0.1) is 0 Å². The molecule has 2 aliphatic rings. The third-order valence-corrected chi connectivity index (χ3v) is 4.64. The summed E-state index contributed by atoms with van der Waals surface area (Å²) < 4.78 is 13.5. The lowest BCUT2D eigenvalue weighted by Crippen LogP contribution is -2.45. The first kappa shape index (κ1) is 13.6. The summed E-state index contributed by atoms with van der Waals surface area (Å²) in [6.45, 7) is 6.48. The molecule has 0 bridgehead atoms. The molecule has 0 aromatic rings. The highest BCUT2D eigenvalue weighted by molar-refractivity contribution is 5.83. The monoisotopic (exact) mass is 253 g/mol. The second-order valence-corrected chi connectivity index (χ2v) is 5.71. The van der Waals surface area contributed by atoms with Crippen LogP contribution in [-0.2, 0) is 4.79 Å². The van der Waals surface area contributed by atoms with Crippen molar-refractivity contribution < 1.29 is 9.18 Å². The minimum Gasteiger partial charge on any atom is -0.330 e. The summed E-state index contributed by atoms with van der Waals surface area (Å²) in [4.78, 5) is 12.1. The van der Waals surface area contributed by atoms with Gasteiger partial charge in [0.2, 0.25) is 5.91 Å². The molecule has 0 saturated heterocycles. The number of carbonyl (C=O) groups excluding carboxylic acids is 1. The molecule has 1 saturated carbocycles. The van der Waals surface area contributed by atoms with Crippen molar-refractivity contribution in [1.82, 2.24) is 5.32 Å². The van der Waals surface area contributed by atoms with Crippen LogP contribution in [0.1, 0.15) is 52.9 Å². The van der Waals surface area contributed by atoms with Gasteiger partial charge in [-0.05, 0) is 49.5 Å². The number of carbonyl (C=O) groups is 1. The van der Waals surface area contributed by atoms with Gasteiger partial charge in [-0.25, -0.2) is 4.39 Å². The summed E-state index contributed by atoms with van der Waals surface area (Å²) in [5.41, 5.74) is 2.50. The average molecular weight is 253 g/mol. The summed E-state index contributed by atoms with van der Waals surface area (Å²) in [5, 5.41) is 3.03. The third-order valence-electron chi connectivity index (χ3n) is 4.64. The topological polar surface area (TPSA) is 29.1 Å². The SMILES string of the molecule is CCC1=C(C(C)CC)C2CC[C@H](F)CC2C(=O)N1. The zero-order valence-corrected chi connectivity index (χ0v) is 11.6. The van der Waals surface area contributed by atoms with E-state index in [0.717, 1.165) is 25.0 Å². The van der Waals surface area contributed by atoms with E-state index >= 15 is 0 Å². The van der Waals surface area contributed by atoms with Crippen LogP contribution < -0.4 is 5.32 Å². The van der Waals surface area contributed by atoms with Crippen LogP contribution in [0.2, 0.25) is 0 Å². The van der Waals surface area contributed by atoms with E-state index in [0.29, 0.717) is 18.8 Å². The van der Waals surface area contributed by atoms with Crippen LogP contribution in [0.4, 0.5) is 4.39 Å². The minimum atomic E-state index is -0.793. The summed E-state index contributed by atoms with van der Waals surface area (Å²) in [6, 6.07) is 0. The maximum Gasteiger partial charge on any atom is 0.227 e. The van der Waals surface area contributed by atoms with E-state index in [4.69, 9.17) is 0 Å². The van der Waals surface area contributed by atoms with Gasteiger partial charge in [-0.2, -0.15) is 0 Å². The van der Waals surface area contributed by atoms with Crippen LogP contribution >= 0.6 is 0 Å². The van der Waals surface area contributed by atoms with Crippen molar-refractivity contribution in [3.05, 3.63) is 11.3 Å². The van der Waals surface area contributed by atoms with E-state index in [1.807, 2.05) is 0 Å². The van der Waals surface area contributed by atoms with Crippen LogP contribution in [0, 0.1) is 17.8 Å². The zero-order chi connectivity index (χ0) is 13.3. The van der Waals surface area contributed by atoms with Crippen molar-refractivity contribution in [2.45, 2.75) is 59.0 Å². The highest BCUT2D eigenvalue weighted by Crippen LogP contribution is 2.43. The quantitative estimate of drug-likeness (QED) is 0.818. The molecule has 0 aromatic carbocycles. The second-order valence-electron chi connectivity index (χ2n) is 5.71. The van der Waals surface area contributed by atoms with Gasteiger partial charge in [0, 0.05) is 11.6 Å². The molecule has 0 aromatic heterocycles. The fourth-order valence-corrected chi connectivity index (χ4v) is 3.49. The predicted octanol–water partition coefficient (Wildman–Crippen LogP) is 3.58. The predicted molar refractivity (Wildman–Crippen MR) is 70.6 cm³/mol. The van der Waals surface area contributed by atoms with Crippen molar-refractivity contribution in [3.63, 3.8) is 0 Å². The number of hydrogen-bond donors (Lipinski definition) is 1. The van der Waals surface area contributed by atoms with E-state index in [-0.39, 0.29) is 17.7 Å². The highest BCUT2D eigenvalue weighted by atomic mass is 19.1. The molecule has 3 unspecified atom stereocenters. The summed E-state index contributed by atoms with van der Waals surface area (Å²) >= 11 is 0. The largest absolute Gasteiger partial charge is 0.330 e. The van der Waals surface area contributed by atoms with Crippen LogP contribution in [0.5, 0.6) is 0 Å². The lowest BCUT2D eigenvalue weighted by molar-refractivity contribution is -0.128. The van der Waals surface area contributed by atoms with E-state index in [2.05, 4.69) is 26.1 Å². The Balaban J connectivity index is 2.34. The number of nitrogens with one attached hydrogen (secondary N) is 1. The summed E-state index contributed by atoms with van der Waals surface area (Å²) in [5.74, 6) is 0.694. The molecular weight excluding hydrogens is 229 g/mol. The Morgan fingerprint density at radius 3 is 2.67 bits per heavy atom. The maximum atomic E-state index is 13.5. The Bertz CT molecular complexity index is 364. The third kappa shape index (κ3) is 2.32. The average Bonchev–Trinajstić information content (AvgIpc) is 2.38. The molecule has 4 atom stereocenters. The molecule has 1 amide bonds. The summed E-state index contributed by atoms with van der Waals surface area (Å²) in [7, 11) is 0. The highest BCUT2D eigenvalue weighted by Gasteiger charge is 2.42. The van der Waals surface area contributed by atoms with Gasteiger partial charge < -0.3 is 5.32 Å². The number of rotatable bonds is 3. The molecule has 1 aliphatic heterocycles. The Morgan fingerprint density at radius 1 is 1.33 bits per heavy atom. The van der Waals surface area contributed by atoms with E-state index < -0.39 is 6.17 Å². The Morgan fingerprint density at radius 2 is 2.06 bits per heavy atom. The molecule has 1 aliphatic carbocycles. The molecule has 102 valence electrons. The Kier molecular flexibility index (Phi) is 4.08. The van der Waals surface area contributed by atoms with E-state index in [1.165, 1.54) is 5.57 Å². The van der Waals surface area contributed by atoms with Crippen molar-refractivity contribution in [1.29, 1.82) is 0 Å². The number of hydrogen-bond acceptors (Lipinski definition) is 1. The van der Waals surface area contributed by atoms with Crippen molar-refractivity contribution in [2.24, 2.45) is 17.8 Å². The number of halogens is 1. The molecule has 0 radical (unpaired) electrons. The maximum absolute atomic E-state index is 13.5. The Labute approximate surface area is 109 Å². The fourth-order valence-electron chi connectivity index (χ4n) is 3.49. The zero-order valence-electron chi connectivity index (χ0n) is 11.6. The van der Waals surface area contributed by atoms with Gasteiger partial charge in [-0.3, -0.25) is 4.79 Å². The van der Waals surface area contributed by atoms with Crippen LogP contribution in [0.25, 0.3) is 0 Å². The van der Waals surface area contributed by atoms with Gasteiger partial charge in [-0.1, -0.05) is 20.8 Å². The molecule has 1 heterocycles. The van der Waals surface area contributed by atoms with Crippen LogP contribution in [-0.4, -0.2) is 12.1 Å². The Hall–Kier alpha value is -0.860. The lowest BCUT2D eigenvalue weighted by atomic mass is 9.68. The van der Waals surface area contributed by atoms with Gasteiger partial charge in [0.1, 0.15) is 6.17 Å². The molecule has 3 heteroatoms. The minimum absolute atomic E-state index is 0.0475. The van der Waals surface area contributed by atoms with E-state index in [1.54, 1.807) is 0 Å². The molecule has 2 rings (SSSR count). The fraction of sp³-hybridized carbons (Fsp3) is 0.800. The molecule has 2 nitrogen and oxygen atoms in total. The molecule has 18 heavy (non-hydrogen) atoms. The second kappa shape index (κ2) is 5.41. The van der Waals surface area contributed by atoms with Crippen molar-refractivity contribution in [2.75, 3.05) is 0 Å². The first-order valence-corrected chi connectivity index (χ1v) is 7.26. The first-order valence-electron chi connectivity index (χ1n) is 7.26. The van der Waals surface area contributed by atoms with Gasteiger partial charge in [0.05, 0.1) is 0 Å². The van der Waals surface area contributed by atoms with Gasteiger partial charge in [0.25, 0.3) is 0 Å². The van der Waals surface area contributed by atoms with Gasteiger partial charge >= 0.3 is 0 Å². The standard InChI is InChI=1S/C15H24FNO/c1-4-9(3)14-11-7-6-10(16)8-12(11)15(18)17-13(14)5-2/h9-12H,4-8H2,1-3H3,(H,17,18)/t9?,10-,11?,12?/m0/s1. The van der Waals surface area contributed by atoms with Crippen LogP contribution in [0.15, 0.2) is 11.3 Å². The first-order chi connectivity index (χ1) is 8.58. The molecule has 0 spiro atoms. The van der Waals surface area contributed by atoms with Crippen LogP contribution in [0.3, 0.4) is 0 Å². The van der Waals surface area contributed by atoms with Gasteiger partial charge in [0.15, 0.2) is 0 Å². The number of alkyl halides is 1. The molecule has 1 N–H and O–H groups in total. The molecule has 1 fully saturated rings. The van der Waals surface area contributed by atoms with Crippen molar-refractivity contribution >= 4 is 5.91 Å². The number of allylic oxidation sites excluding steroid dienone is 2. The van der Waals surface area contributed by atoms with E-state index in [9.17, 15) is 9.18 Å². The smallest absolute Gasteiger partial charge is 0.227 e. The number of fused-ring (bicyclic) bond motifs is 1. The summed E-state index contributed by atoms with van der Waals surface area (Å²) in [6.07, 6.45) is 3.02. The molecular formula is C15H24FNO. The van der Waals surface area contributed by atoms with Crippen molar-refractivity contribution in [3.8, 4) is 0 Å². The lowest BCUT2D eigenvalue weighted by Gasteiger charge is -2.41. The number of amides is 1. The normalized spacial score (nSPS) is 34.0.